The Bertz CT molecular complexity index is 1130. The van der Waals surface area contributed by atoms with Crippen molar-refractivity contribution in [2.75, 3.05) is 18.0 Å². The first kappa shape index (κ1) is 21.0. The molecule has 0 aliphatic carbocycles. The number of hydrogen-bond donors (Lipinski definition) is 1. The van der Waals surface area contributed by atoms with Gasteiger partial charge in [-0.25, -0.2) is 4.39 Å². The molecule has 158 valence electrons. The van der Waals surface area contributed by atoms with Gasteiger partial charge in [-0.15, -0.1) is 0 Å². The lowest BCUT2D eigenvalue weighted by Gasteiger charge is -2.25. The van der Waals surface area contributed by atoms with Gasteiger partial charge in [0, 0.05) is 41.6 Å². The minimum absolute atomic E-state index is 0.195. The van der Waals surface area contributed by atoms with Gasteiger partial charge in [0.2, 0.25) is 0 Å². The van der Waals surface area contributed by atoms with Crippen LogP contribution in [0.5, 0.6) is 0 Å². The van der Waals surface area contributed by atoms with Gasteiger partial charge in [0.1, 0.15) is 5.82 Å². The molecule has 1 aromatic heterocycles. The lowest BCUT2D eigenvalue weighted by Crippen LogP contribution is -2.17. The van der Waals surface area contributed by atoms with Crippen LogP contribution in [0.1, 0.15) is 24.6 Å². The van der Waals surface area contributed by atoms with Crippen LogP contribution in [0.25, 0.3) is 10.9 Å². The number of rotatable bonds is 8. The number of anilines is 1. The summed E-state index contributed by atoms with van der Waals surface area (Å²) in [6.07, 6.45) is 9.03. The first-order chi connectivity index (χ1) is 15.1. The average molecular weight is 414 g/mol. The molecule has 1 N–H and O–H groups in total. The zero-order valence-corrected chi connectivity index (χ0v) is 17.9. The van der Waals surface area contributed by atoms with E-state index in [9.17, 15) is 4.39 Å². The van der Waals surface area contributed by atoms with Gasteiger partial charge in [0.25, 0.3) is 0 Å². The van der Waals surface area contributed by atoms with E-state index in [0.717, 1.165) is 65.9 Å². The molecule has 0 bridgehead atoms. The van der Waals surface area contributed by atoms with Crippen molar-refractivity contribution in [1.82, 2.24) is 10.3 Å². The van der Waals surface area contributed by atoms with Crippen LogP contribution in [0.4, 0.5) is 10.1 Å². The molecule has 0 unspecified atom stereocenters. The number of pyridine rings is 1. The van der Waals surface area contributed by atoms with Gasteiger partial charge < -0.3 is 10.2 Å². The van der Waals surface area contributed by atoms with E-state index in [1.807, 2.05) is 12.1 Å². The minimum atomic E-state index is -0.195. The van der Waals surface area contributed by atoms with Crippen LogP contribution in [0.2, 0.25) is 0 Å². The molecule has 0 radical (unpaired) electrons. The van der Waals surface area contributed by atoms with Crippen LogP contribution in [0.3, 0.4) is 0 Å². The molecule has 0 atom stereocenters. The predicted octanol–water partition coefficient (Wildman–Crippen LogP) is 5.93. The van der Waals surface area contributed by atoms with Crippen molar-refractivity contribution in [2.24, 2.45) is 0 Å². The third-order valence-corrected chi connectivity index (χ3v) is 5.53. The van der Waals surface area contributed by atoms with E-state index in [0.29, 0.717) is 0 Å². The number of aryl methyl sites for hydroxylation is 1. The number of likely N-dealkylation sites (N-methyl/N-ethyl adjacent to an activating group) is 1. The van der Waals surface area contributed by atoms with Crippen LogP contribution in [0.15, 0.2) is 90.8 Å². The van der Waals surface area contributed by atoms with Gasteiger partial charge in [0.05, 0.1) is 5.52 Å². The summed E-state index contributed by atoms with van der Waals surface area (Å²) in [6.45, 7) is 8.29. The van der Waals surface area contributed by atoms with Gasteiger partial charge >= 0.3 is 0 Å². The summed E-state index contributed by atoms with van der Waals surface area (Å²) in [7, 11) is 0. The summed E-state index contributed by atoms with van der Waals surface area (Å²) < 4.78 is 13.1. The zero-order chi connectivity index (χ0) is 21.6. The standard InChI is InChI=1S/C27H28FN3/c1-3-29-16-14-25-11-8-23-19-26(12-13-27(23)30-25)31-17-15-22(18-20(31)2)5-4-21-6-9-24(28)10-7-21/h6-13,15,17-19,29H,2-5,14,16H2,1H3. The highest BCUT2D eigenvalue weighted by Crippen LogP contribution is 2.28. The molecular formula is C27H28FN3. The number of allylic oxidation sites excluding steroid dienone is 3. The first-order valence-corrected chi connectivity index (χ1v) is 10.8. The largest absolute Gasteiger partial charge is 0.318 e. The van der Waals surface area contributed by atoms with Crippen LogP contribution < -0.4 is 10.2 Å². The van der Waals surface area contributed by atoms with Gasteiger partial charge in [-0.2, -0.15) is 0 Å². The van der Waals surface area contributed by atoms with Crippen LogP contribution in [-0.2, 0) is 12.8 Å². The van der Waals surface area contributed by atoms with Crippen molar-refractivity contribution in [3.63, 3.8) is 0 Å². The second kappa shape index (κ2) is 9.71. The van der Waals surface area contributed by atoms with E-state index >= 15 is 0 Å². The molecule has 0 amide bonds. The molecule has 2 heterocycles. The van der Waals surface area contributed by atoms with Gasteiger partial charge in [-0.3, -0.25) is 4.98 Å². The van der Waals surface area contributed by atoms with Crippen LogP contribution in [-0.4, -0.2) is 18.1 Å². The van der Waals surface area contributed by atoms with Crippen molar-refractivity contribution < 1.29 is 4.39 Å². The Labute approximate surface area is 183 Å². The summed E-state index contributed by atoms with van der Waals surface area (Å²) >= 11 is 0. The maximum Gasteiger partial charge on any atom is 0.123 e. The Morgan fingerprint density at radius 3 is 2.61 bits per heavy atom. The second-order valence-electron chi connectivity index (χ2n) is 7.81. The lowest BCUT2D eigenvalue weighted by atomic mass is 10.0. The van der Waals surface area contributed by atoms with E-state index in [-0.39, 0.29) is 5.82 Å². The molecule has 2 aromatic carbocycles. The molecule has 1 aliphatic heterocycles. The number of benzene rings is 2. The summed E-state index contributed by atoms with van der Waals surface area (Å²) in [6, 6.07) is 17.3. The molecule has 4 heteroatoms. The maximum absolute atomic E-state index is 13.1. The Morgan fingerprint density at radius 1 is 1.00 bits per heavy atom. The van der Waals surface area contributed by atoms with Crippen LogP contribution >= 0.6 is 0 Å². The predicted molar refractivity (Wildman–Crippen MR) is 128 cm³/mol. The number of fused-ring (bicyclic) bond motifs is 1. The third kappa shape index (κ3) is 5.28. The molecule has 0 saturated carbocycles. The molecule has 0 fully saturated rings. The van der Waals surface area contributed by atoms with E-state index in [4.69, 9.17) is 4.98 Å². The smallest absolute Gasteiger partial charge is 0.123 e. The average Bonchev–Trinajstić information content (AvgIpc) is 2.79. The van der Waals surface area contributed by atoms with Gasteiger partial charge in [-0.05, 0) is 79.1 Å². The SMILES string of the molecule is C=C1C=C(CCc2ccc(F)cc2)C=CN1c1ccc2nc(CCNCC)ccc2c1. The topological polar surface area (TPSA) is 28.2 Å². The fraction of sp³-hybridized carbons (Fsp3) is 0.222. The molecule has 31 heavy (non-hydrogen) atoms. The van der Waals surface area contributed by atoms with Crippen molar-refractivity contribution in [3.05, 3.63) is 108 Å². The number of nitrogens with zero attached hydrogens (tertiary/aromatic N) is 2. The fourth-order valence-electron chi connectivity index (χ4n) is 3.78. The van der Waals surface area contributed by atoms with Gasteiger partial charge in [-0.1, -0.05) is 31.7 Å². The minimum Gasteiger partial charge on any atom is -0.318 e. The number of halogens is 1. The molecule has 3 nitrogen and oxygen atoms in total. The molecule has 1 aliphatic rings. The number of aromatic nitrogens is 1. The normalized spacial score (nSPS) is 13.7. The number of hydrogen-bond acceptors (Lipinski definition) is 3. The summed E-state index contributed by atoms with van der Waals surface area (Å²) in [5, 5.41) is 4.46. The zero-order valence-electron chi connectivity index (χ0n) is 17.9. The highest BCUT2D eigenvalue weighted by atomic mass is 19.1. The van der Waals surface area contributed by atoms with Crippen LogP contribution in [0, 0.1) is 5.82 Å². The van der Waals surface area contributed by atoms with Crippen molar-refractivity contribution in [2.45, 2.75) is 26.2 Å². The molecular weight excluding hydrogens is 385 g/mol. The monoisotopic (exact) mass is 413 g/mol. The first-order valence-electron chi connectivity index (χ1n) is 10.8. The van der Waals surface area contributed by atoms with Gasteiger partial charge in [0.15, 0.2) is 0 Å². The lowest BCUT2D eigenvalue weighted by molar-refractivity contribution is 0.627. The highest BCUT2D eigenvalue weighted by Gasteiger charge is 2.12. The highest BCUT2D eigenvalue weighted by molar-refractivity contribution is 5.83. The Hall–Kier alpha value is -3.24. The summed E-state index contributed by atoms with van der Waals surface area (Å²) in [4.78, 5) is 6.89. The van der Waals surface area contributed by atoms with Crippen molar-refractivity contribution >= 4 is 16.6 Å². The Kier molecular flexibility index (Phi) is 6.58. The fourth-order valence-corrected chi connectivity index (χ4v) is 3.78. The number of nitrogens with one attached hydrogen (secondary N) is 1. The summed E-state index contributed by atoms with van der Waals surface area (Å²) in [5.41, 5.74) is 6.49. The van der Waals surface area contributed by atoms with E-state index < -0.39 is 0 Å². The molecule has 4 rings (SSSR count). The van der Waals surface area contributed by atoms with Crippen molar-refractivity contribution in [1.29, 1.82) is 0 Å². The Morgan fingerprint density at radius 2 is 1.84 bits per heavy atom. The molecule has 0 saturated heterocycles. The third-order valence-electron chi connectivity index (χ3n) is 5.53. The van der Waals surface area contributed by atoms with Crippen molar-refractivity contribution in [3.8, 4) is 0 Å². The molecule has 0 spiro atoms. The van der Waals surface area contributed by atoms with E-state index in [1.54, 1.807) is 0 Å². The maximum atomic E-state index is 13.1. The molecule has 3 aromatic rings. The second-order valence-corrected chi connectivity index (χ2v) is 7.81. The quantitative estimate of drug-likeness (QED) is 0.464. The Balaban J connectivity index is 1.42. The van der Waals surface area contributed by atoms with E-state index in [1.165, 1.54) is 17.7 Å². The van der Waals surface area contributed by atoms with E-state index in [2.05, 4.69) is 72.4 Å². The summed E-state index contributed by atoms with van der Waals surface area (Å²) in [5.74, 6) is -0.195.